The molecule has 2 aromatic carbocycles. The number of anilines is 1. The van der Waals surface area contributed by atoms with Crippen LogP contribution in [0.25, 0.3) is 6.08 Å². The summed E-state index contributed by atoms with van der Waals surface area (Å²) in [7, 11) is 1.54. The van der Waals surface area contributed by atoms with Gasteiger partial charge in [0, 0.05) is 6.08 Å². The van der Waals surface area contributed by atoms with Gasteiger partial charge in [-0.3, -0.25) is 9.59 Å². The lowest BCUT2D eigenvalue weighted by atomic mass is 10.1. The number of methoxy groups -OCH3 is 1. The highest BCUT2D eigenvalue weighted by atomic mass is 16.5. The standard InChI is InChI=1S/C24H24N2O4/c1-18-8-3-4-9-19(18)13-14-24(28)26(16-20-10-7-15-30-20)17-23(27)25-21-11-5-6-12-22(21)29-2/h3-15H,16-17H2,1-2H3,(H,25,27)/b14-13+. The van der Waals surface area contributed by atoms with Gasteiger partial charge in [0.1, 0.15) is 18.1 Å². The molecular formula is C24H24N2O4. The predicted molar refractivity (Wildman–Crippen MR) is 116 cm³/mol. The highest BCUT2D eigenvalue weighted by Crippen LogP contribution is 2.23. The lowest BCUT2D eigenvalue weighted by Gasteiger charge is -2.20. The molecule has 0 unspecified atom stereocenters. The number of hydrogen-bond donors (Lipinski definition) is 1. The Kier molecular flexibility index (Phi) is 7.05. The molecule has 0 aliphatic rings. The monoisotopic (exact) mass is 404 g/mol. The van der Waals surface area contributed by atoms with Crippen LogP contribution in [0.1, 0.15) is 16.9 Å². The molecule has 0 spiro atoms. The van der Waals surface area contributed by atoms with Crippen LogP contribution in [0.5, 0.6) is 5.75 Å². The molecule has 0 atom stereocenters. The maximum Gasteiger partial charge on any atom is 0.247 e. The van der Waals surface area contributed by atoms with Crippen LogP contribution in [0.2, 0.25) is 0 Å². The normalized spacial score (nSPS) is 10.7. The molecule has 3 aromatic rings. The number of nitrogens with zero attached hydrogens (tertiary/aromatic N) is 1. The van der Waals surface area contributed by atoms with Crippen molar-refractivity contribution < 1.29 is 18.7 Å². The van der Waals surface area contributed by atoms with Gasteiger partial charge in [-0.05, 0) is 48.4 Å². The second-order valence-corrected chi connectivity index (χ2v) is 6.71. The number of amides is 2. The predicted octanol–water partition coefficient (Wildman–Crippen LogP) is 4.28. The summed E-state index contributed by atoms with van der Waals surface area (Å²) in [6.45, 7) is 2.03. The van der Waals surface area contributed by atoms with Gasteiger partial charge in [0.25, 0.3) is 0 Å². The minimum Gasteiger partial charge on any atom is -0.495 e. The van der Waals surface area contributed by atoms with Crippen LogP contribution in [0.4, 0.5) is 5.69 Å². The molecule has 6 heteroatoms. The van der Waals surface area contributed by atoms with Crippen molar-refractivity contribution in [2.45, 2.75) is 13.5 Å². The van der Waals surface area contributed by atoms with E-state index >= 15 is 0 Å². The minimum absolute atomic E-state index is 0.129. The quantitative estimate of drug-likeness (QED) is 0.569. The van der Waals surface area contributed by atoms with Gasteiger partial charge >= 0.3 is 0 Å². The molecule has 1 aromatic heterocycles. The van der Waals surface area contributed by atoms with E-state index in [-0.39, 0.29) is 24.9 Å². The van der Waals surface area contributed by atoms with E-state index in [1.165, 1.54) is 24.3 Å². The lowest BCUT2D eigenvalue weighted by molar-refractivity contribution is -0.131. The molecule has 0 saturated carbocycles. The fraction of sp³-hybridized carbons (Fsp3) is 0.167. The second kappa shape index (κ2) is 10.1. The second-order valence-electron chi connectivity index (χ2n) is 6.71. The number of carbonyl (C=O) groups is 2. The zero-order valence-corrected chi connectivity index (χ0v) is 17.0. The molecule has 0 aliphatic heterocycles. The molecule has 154 valence electrons. The van der Waals surface area contributed by atoms with Crippen molar-refractivity contribution in [3.8, 4) is 5.75 Å². The van der Waals surface area contributed by atoms with Crippen LogP contribution >= 0.6 is 0 Å². The molecule has 0 fully saturated rings. The minimum atomic E-state index is -0.330. The van der Waals surface area contributed by atoms with Crippen molar-refractivity contribution in [2.75, 3.05) is 19.0 Å². The number of nitrogens with one attached hydrogen (secondary N) is 1. The van der Waals surface area contributed by atoms with Gasteiger partial charge in [-0.2, -0.15) is 0 Å². The molecule has 2 amide bonds. The van der Waals surface area contributed by atoms with Crippen LogP contribution in [0.15, 0.2) is 77.4 Å². The van der Waals surface area contributed by atoms with Crippen LogP contribution in [-0.2, 0) is 16.1 Å². The number of hydrogen-bond acceptors (Lipinski definition) is 4. The van der Waals surface area contributed by atoms with E-state index in [1.54, 1.807) is 36.4 Å². The van der Waals surface area contributed by atoms with Crippen molar-refractivity contribution in [1.29, 1.82) is 0 Å². The number of aryl methyl sites for hydroxylation is 1. The third-order valence-electron chi connectivity index (χ3n) is 4.55. The Labute approximate surface area is 175 Å². The Balaban J connectivity index is 1.74. The van der Waals surface area contributed by atoms with Gasteiger partial charge in [-0.15, -0.1) is 0 Å². The smallest absolute Gasteiger partial charge is 0.247 e. The van der Waals surface area contributed by atoms with Crippen LogP contribution < -0.4 is 10.1 Å². The maximum atomic E-state index is 12.9. The van der Waals surface area contributed by atoms with E-state index in [0.29, 0.717) is 17.2 Å². The number of rotatable bonds is 8. The van der Waals surface area contributed by atoms with E-state index in [4.69, 9.17) is 9.15 Å². The van der Waals surface area contributed by atoms with Gasteiger partial charge in [-0.1, -0.05) is 36.4 Å². The Morgan fingerprint density at radius 3 is 2.57 bits per heavy atom. The zero-order chi connectivity index (χ0) is 21.3. The van der Waals surface area contributed by atoms with E-state index in [9.17, 15) is 9.59 Å². The first-order chi connectivity index (χ1) is 14.6. The summed E-state index contributed by atoms with van der Waals surface area (Å²) in [6, 6.07) is 18.4. The summed E-state index contributed by atoms with van der Waals surface area (Å²) < 4.78 is 10.6. The van der Waals surface area contributed by atoms with Crippen molar-refractivity contribution in [1.82, 2.24) is 4.90 Å². The highest BCUT2D eigenvalue weighted by molar-refractivity contribution is 5.98. The molecule has 3 rings (SSSR count). The molecule has 0 saturated heterocycles. The zero-order valence-electron chi connectivity index (χ0n) is 17.0. The van der Waals surface area contributed by atoms with Crippen molar-refractivity contribution >= 4 is 23.6 Å². The Hall–Kier alpha value is -3.80. The fourth-order valence-corrected chi connectivity index (χ4v) is 2.95. The van der Waals surface area contributed by atoms with Crippen LogP contribution in [0, 0.1) is 6.92 Å². The molecule has 0 aliphatic carbocycles. The number of furan rings is 1. The number of para-hydroxylation sites is 2. The maximum absolute atomic E-state index is 12.9. The van der Waals surface area contributed by atoms with Gasteiger partial charge < -0.3 is 19.4 Å². The third-order valence-corrected chi connectivity index (χ3v) is 4.55. The molecular weight excluding hydrogens is 380 g/mol. The summed E-state index contributed by atoms with van der Waals surface area (Å²) in [6.07, 6.45) is 4.77. The largest absolute Gasteiger partial charge is 0.495 e. The first kappa shape index (κ1) is 20.9. The topological polar surface area (TPSA) is 71.8 Å². The molecule has 0 bridgehead atoms. The van der Waals surface area contributed by atoms with Gasteiger partial charge in [0.2, 0.25) is 11.8 Å². The summed E-state index contributed by atoms with van der Waals surface area (Å²) in [5.41, 5.74) is 2.56. The first-order valence-corrected chi connectivity index (χ1v) is 9.54. The average molecular weight is 404 g/mol. The summed E-state index contributed by atoms with van der Waals surface area (Å²) >= 11 is 0. The Bertz CT molecular complexity index is 1030. The van der Waals surface area contributed by atoms with Crippen molar-refractivity contribution in [3.63, 3.8) is 0 Å². The lowest BCUT2D eigenvalue weighted by Crippen LogP contribution is -2.36. The Morgan fingerprint density at radius 1 is 1.07 bits per heavy atom. The van der Waals surface area contributed by atoms with Crippen molar-refractivity contribution in [3.05, 3.63) is 89.9 Å². The number of carbonyl (C=O) groups excluding carboxylic acids is 2. The van der Waals surface area contributed by atoms with E-state index in [1.807, 2.05) is 37.3 Å². The fourth-order valence-electron chi connectivity index (χ4n) is 2.95. The summed E-state index contributed by atoms with van der Waals surface area (Å²) in [5.74, 6) is 0.528. The highest BCUT2D eigenvalue weighted by Gasteiger charge is 2.18. The molecule has 6 nitrogen and oxygen atoms in total. The van der Waals surface area contributed by atoms with Crippen molar-refractivity contribution in [2.24, 2.45) is 0 Å². The van der Waals surface area contributed by atoms with E-state index in [0.717, 1.165) is 11.1 Å². The molecule has 30 heavy (non-hydrogen) atoms. The number of ether oxygens (including phenoxy) is 1. The summed E-state index contributed by atoms with van der Waals surface area (Å²) in [5, 5.41) is 2.80. The molecule has 1 heterocycles. The molecule has 1 N–H and O–H groups in total. The first-order valence-electron chi connectivity index (χ1n) is 9.54. The van der Waals surface area contributed by atoms with Crippen LogP contribution in [0.3, 0.4) is 0 Å². The molecule has 0 radical (unpaired) electrons. The van der Waals surface area contributed by atoms with Gasteiger partial charge in [0.05, 0.1) is 25.6 Å². The van der Waals surface area contributed by atoms with Gasteiger partial charge in [0.15, 0.2) is 0 Å². The SMILES string of the molecule is COc1ccccc1NC(=O)CN(Cc1ccco1)C(=O)/C=C/c1ccccc1C. The van der Waals surface area contributed by atoms with Gasteiger partial charge in [-0.25, -0.2) is 0 Å². The number of benzene rings is 2. The Morgan fingerprint density at radius 2 is 1.83 bits per heavy atom. The third kappa shape index (κ3) is 5.61. The van der Waals surface area contributed by atoms with E-state index in [2.05, 4.69) is 5.32 Å². The van der Waals surface area contributed by atoms with E-state index < -0.39 is 0 Å². The average Bonchev–Trinajstić information content (AvgIpc) is 3.26. The van der Waals surface area contributed by atoms with Crippen LogP contribution in [-0.4, -0.2) is 30.4 Å². The summed E-state index contributed by atoms with van der Waals surface area (Å²) in [4.78, 5) is 26.9.